The van der Waals surface area contributed by atoms with Crippen molar-refractivity contribution >= 4 is 11.5 Å². The number of carboxylic acid groups (broad SMARTS) is 1. The Kier molecular flexibility index (Phi) is 6.18. The summed E-state index contributed by atoms with van der Waals surface area (Å²) in [6.45, 7) is 9.38. The summed E-state index contributed by atoms with van der Waals surface area (Å²) in [5.74, 6) is 2.18. The Morgan fingerprint density at radius 3 is 2.69 bits per heavy atom. The van der Waals surface area contributed by atoms with Gasteiger partial charge in [-0.15, -0.1) is 0 Å². The van der Waals surface area contributed by atoms with Gasteiger partial charge in [0, 0.05) is 18.4 Å². The molecule has 3 fully saturated rings. The van der Waals surface area contributed by atoms with Gasteiger partial charge in [-0.25, -0.2) is 0 Å². The van der Waals surface area contributed by atoms with Gasteiger partial charge in [-0.3, -0.25) is 9.78 Å². The summed E-state index contributed by atoms with van der Waals surface area (Å²) in [7, 11) is 0. The highest BCUT2D eigenvalue weighted by molar-refractivity contribution is 5.72. The Labute approximate surface area is 217 Å². The standard InChI is InChI=1S/C32H44N2O2/c1-4-34-17-13-22(30(35)36)19-29(34)21-11-14-31(2)24(18-21)7-8-25-27-10-9-26(23-6-5-16-33-20-23)32(27,3)15-12-28(25)31/h5-7,9,16,20-22,25,27-29H,4,8,10-15,17-19H2,1-3H3,(H,35,36)/t21-,22?,25-,27-,28-,29?,31-,32+/m0/s1. The Balaban J connectivity index is 1.22. The number of aromatic nitrogens is 1. The van der Waals surface area contributed by atoms with E-state index in [4.69, 9.17) is 0 Å². The molecule has 1 aromatic rings. The first-order chi connectivity index (χ1) is 17.3. The second-order valence-corrected chi connectivity index (χ2v) is 13.1. The largest absolute Gasteiger partial charge is 0.481 e. The number of allylic oxidation sites excluding steroid dienone is 4. The zero-order chi connectivity index (χ0) is 25.1. The Hall–Kier alpha value is -1.94. The number of likely N-dealkylation sites (tertiary alicyclic amines) is 1. The minimum Gasteiger partial charge on any atom is -0.481 e. The molecule has 36 heavy (non-hydrogen) atoms. The Bertz CT molecular complexity index is 1060. The summed E-state index contributed by atoms with van der Waals surface area (Å²) in [4.78, 5) is 18.8. The lowest BCUT2D eigenvalue weighted by Crippen LogP contribution is -2.52. The number of aliphatic carboxylic acids is 1. The van der Waals surface area contributed by atoms with Crippen LogP contribution in [0.15, 0.2) is 42.3 Å². The van der Waals surface area contributed by atoms with E-state index in [1.54, 1.807) is 11.1 Å². The van der Waals surface area contributed by atoms with Crippen LogP contribution in [-0.4, -0.2) is 40.1 Å². The van der Waals surface area contributed by atoms with Crippen LogP contribution < -0.4 is 0 Å². The first-order valence-corrected chi connectivity index (χ1v) is 14.6. The van der Waals surface area contributed by atoms with Crippen molar-refractivity contribution in [2.45, 2.75) is 84.6 Å². The van der Waals surface area contributed by atoms with E-state index in [0.717, 1.165) is 43.7 Å². The number of rotatable bonds is 4. The zero-order valence-electron chi connectivity index (χ0n) is 22.5. The number of fused-ring (bicyclic) bond motifs is 5. The van der Waals surface area contributed by atoms with E-state index >= 15 is 0 Å². The molecule has 6 rings (SSSR count). The van der Waals surface area contributed by atoms with E-state index < -0.39 is 5.97 Å². The molecular formula is C32H44N2O2. The molecule has 2 heterocycles. The fourth-order valence-electron chi connectivity index (χ4n) is 9.71. The number of hydrogen-bond donors (Lipinski definition) is 1. The number of piperidine rings is 1. The Morgan fingerprint density at radius 1 is 1.11 bits per heavy atom. The first-order valence-electron chi connectivity index (χ1n) is 14.6. The summed E-state index contributed by atoms with van der Waals surface area (Å²) in [6.07, 6.45) is 19.6. The molecular weight excluding hydrogens is 444 g/mol. The maximum absolute atomic E-state index is 11.8. The second kappa shape index (κ2) is 9.11. The molecule has 1 N–H and O–H groups in total. The fourth-order valence-corrected chi connectivity index (χ4v) is 9.71. The molecule has 1 aromatic heterocycles. The molecule has 4 aliphatic carbocycles. The van der Waals surface area contributed by atoms with Crippen molar-refractivity contribution in [1.82, 2.24) is 9.88 Å². The van der Waals surface area contributed by atoms with Crippen molar-refractivity contribution in [3.8, 4) is 0 Å². The highest BCUT2D eigenvalue weighted by Crippen LogP contribution is 2.66. The van der Waals surface area contributed by atoms with Crippen LogP contribution in [0.4, 0.5) is 0 Å². The van der Waals surface area contributed by atoms with E-state index in [2.05, 4.69) is 61.1 Å². The summed E-state index contributed by atoms with van der Waals surface area (Å²) >= 11 is 0. The highest BCUT2D eigenvalue weighted by Gasteiger charge is 2.57. The lowest BCUT2D eigenvalue weighted by Gasteiger charge is -2.59. The molecule has 1 saturated heterocycles. The monoisotopic (exact) mass is 488 g/mol. The van der Waals surface area contributed by atoms with Gasteiger partial charge in [-0.05, 0) is 123 Å². The van der Waals surface area contributed by atoms with Crippen molar-refractivity contribution in [2.24, 2.45) is 40.4 Å². The van der Waals surface area contributed by atoms with Crippen LogP contribution in [0.25, 0.3) is 5.57 Å². The molecule has 194 valence electrons. The number of carboxylic acids is 1. The predicted molar refractivity (Wildman–Crippen MR) is 144 cm³/mol. The lowest BCUT2D eigenvalue weighted by molar-refractivity contribution is -0.144. The number of pyridine rings is 1. The smallest absolute Gasteiger partial charge is 0.306 e. The highest BCUT2D eigenvalue weighted by atomic mass is 16.4. The number of hydrogen-bond acceptors (Lipinski definition) is 3. The van der Waals surface area contributed by atoms with Crippen molar-refractivity contribution in [1.29, 1.82) is 0 Å². The van der Waals surface area contributed by atoms with Crippen LogP contribution in [-0.2, 0) is 4.79 Å². The van der Waals surface area contributed by atoms with Gasteiger partial charge in [-0.2, -0.15) is 0 Å². The maximum atomic E-state index is 11.8. The molecule has 2 saturated carbocycles. The average Bonchev–Trinajstić information content (AvgIpc) is 3.25. The van der Waals surface area contributed by atoms with Crippen molar-refractivity contribution < 1.29 is 9.90 Å². The summed E-state index contributed by atoms with van der Waals surface area (Å²) < 4.78 is 0. The quantitative estimate of drug-likeness (QED) is 0.472. The van der Waals surface area contributed by atoms with Crippen LogP contribution >= 0.6 is 0 Å². The second-order valence-electron chi connectivity index (χ2n) is 13.1. The molecule has 5 aliphatic rings. The van der Waals surface area contributed by atoms with Gasteiger partial charge in [0.25, 0.3) is 0 Å². The van der Waals surface area contributed by atoms with Crippen LogP contribution in [0.3, 0.4) is 0 Å². The van der Waals surface area contributed by atoms with Gasteiger partial charge in [0.15, 0.2) is 0 Å². The molecule has 0 radical (unpaired) electrons. The van der Waals surface area contributed by atoms with Crippen molar-refractivity contribution in [3.63, 3.8) is 0 Å². The number of nitrogens with zero attached hydrogens (tertiary/aromatic N) is 2. The van der Waals surface area contributed by atoms with Gasteiger partial charge in [0.1, 0.15) is 0 Å². The van der Waals surface area contributed by atoms with E-state index in [-0.39, 0.29) is 11.3 Å². The summed E-state index contributed by atoms with van der Waals surface area (Å²) in [5.41, 5.74) is 5.20. The lowest BCUT2D eigenvalue weighted by atomic mass is 9.46. The van der Waals surface area contributed by atoms with Crippen molar-refractivity contribution in [3.05, 3.63) is 47.8 Å². The minimum absolute atomic E-state index is 0.157. The van der Waals surface area contributed by atoms with E-state index in [9.17, 15) is 9.90 Å². The van der Waals surface area contributed by atoms with Crippen LogP contribution in [0.5, 0.6) is 0 Å². The molecule has 4 heteroatoms. The van der Waals surface area contributed by atoms with Crippen LogP contribution in [0.1, 0.15) is 84.1 Å². The third kappa shape index (κ3) is 3.73. The molecule has 0 aromatic carbocycles. The van der Waals surface area contributed by atoms with Crippen molar-refractivity contribution in [2.75, 3.05) is 13.1 Å². The molecule has 1 aliphatic heterocycles. The summed E-state index contributed by atoms with van der Waals surface area (Å²) in [5, 5.41) is 9.72. The topological polar surface area (TPSA) is 53.4 Å². The first kappa shape index (κ1) is 24.4. The van der Waals surface area contributed by atoms with E-state index in [0.29, 0.717) is 17.4 Å². The van der Waals surface area contributed by atoms with E-state index in [1.165, 1.54) is 50.5 Å². The third-order valence-electron chi connectivity index (χ3n) is 11.8. The number of carbonyl (C=O) groups is 1. The molecule has 8 atom stereocenters. The van der Waals surface area contributed by atoms with Gasteiger partial charge in [-0.1, -0.05) is 44.6 Å². The van der Waals surface area contributed by atoms with Gasteiger partial charge in [0.05, 0.1) is 5.92 Å². The molecule has 4 nitrogen and oxygen atoms in total. The Morgan fingerprint density at radius 2 is 1.94 bits per heavy atom. The van der Waals surface area contributed by atoms with Gasteiger partial charge < -0.3 is 10.0 Å². The van der Waals surface area contributed by atoms with E-state index in [1.807, 2.05) is 6.20 Å². The molecule has 2 unspecified atom stereocenters. The van der Waals surface area contributed by atoms with Gasteiger partial charge >= 0.3 is 5.97 Å². The average molecular weight is 489 g/mol. The summed E-state index contributed by atoms with van der Waals surface area (Å²) in [6, 6.07) is 4.77. The predicted octanol–water partition coefficient (Wildman–Crippen LogP) is 6.84. The third-order valence-corrected chi connectivity index (χ3v) is 11.8. The van der Waals surface area contributed by atoms with Crippen LogP contribution in [0, 0.1) is 40.4 Å². The molecule has 0 amide bonds. The molecule has 0 bridgehead atoms. The maximum Gasteiger partial charge on any atom is 0.306 e. The zero-order valence-corrected chi connectivity index (χ0v) is 22.5. The minimum atomic E-state index is -0.586. The normalized spacial score (nSPS) is 42.5. The fraction of sp³-hybridized carbons (Fsp3) is 0.688. The van der Waals surface area contributed by atoms with Crippen LogP contribution in [0.2, 0.25) is 0 Å². The van der Waals surface area contributed by atoms with Gasteiger partial charge in [0.2, 0.25) is 0 Å². The SMILES string of the molecule is CCN1CCC(C(=O)O)CC1[C@H]1CC[C@@]2(C)C(=CC[C@@H]3[C@@H]2CC[C@]2(C)C(c4cccnc4)=CC[C@@H]32)C1. The molecule has 0 spiro atoms.